The molecule has 2 nitrogen and oxygen atoms in total. The predicted molar refractivity (Wildman–Crippen MR) is 55.3 cm³/mol. The highest BCUT2D eigenvalue weighted by Gasteiger charge is 2.29. The van der Waals surface area contributed by atoms with Crippen LogP contribution in [-0.2, 0) is 0 Å². The van der Waals surface area contributed by atoms with E-state index in [1.54, 1.807) is 0 Å². The van der Waals surface area contributed by atoms with Crippen LogP contribution < -0.4 is 4.90 Å². The summed E-state index contributed by atoms with van der Waals surface area (Å²) in [5.74, 6) is 1.73. The molecule has 0 bridgehead atoms. The number of anilines is 1. The van der Waals surface area contributed by atoms with E-state index in [2.05, 4.69) is 9.88 Å². The van der Waals surface area contributed by atoms with Gasteiger partial charge in [-0.15, -0.1) is 11.6 Å². The van der Waals surface area contributed by atoms with Crippen LogP contribution >= 0.6 is 11.6 Å². The Bertz CT molecular complexity index is 259. The second kappa shape index (κ2) is 3.97. The molecule has 1 aromatic heterocycles. The third kappa shape index (κ3) is 2.13. The fraction of sp³-hybridized carbons (Fsp3) is 0.500. The Morgan fingerprint density at radius 1 is 1.46 bits per heavy atom. The van der Waals surface area contributed by atoms with Gasteiger partial charge in [-0.25, -0.2) is 4.98 Å². The Morgan fingerprint density at radius 2 is 2.31 bits per heavy atom. The van der Waals surface area contributed by atoms with Crippen LogP contribution in [0.2, 0.25) is 0 Å². The van der Waals surface area contributed by atoms with Gasteiger partial charge < -0.3 is 4.90 Å². The van der Waals surface area contributed by atoms with Crippen molar-refractivity contribution in [3.05, 3.63) is 24.4 Å². The van der Waals surface area contributed by atoms with Crippen LogP contribution in [0.3, 0.4) is 0 Å². The molecular formula is C10H13ClN2. The normalized spacial score (nSPS) is 15.8. The molecule has 1 saturated carbocycles. The van der Waals surface area contributed by atoms with Crippen molar-refractivity contribution in [1.29, 1.82) is 0 Å². The largest absolute Gasteiger partial charge is 0.352 e. The van der Waals surface area contributed by atoms with Crippen LogP contribution in [-0.4, -0.2) is 23.5 Å². The van der Waals surface area contributed by atoms with E-state index in [4.69, 9.17) is 11.6 Å². The molecule has 0 spiro atoms. The molecule has 1 aliphatic rings. The van der Waals surface area contributed by atoms with Crippen molar-refractivity contribution in [1.82, 2.24) is 4.98 Å². The fourth-order valence-electron chi connectivity index (χ4n) is 1.49. The van der Waals surface area contributed by atoms with E-state index in [9.17, 15) is 0 Å². The summed E-state index contributed by atoms with van der Waals surface area (Å²) in [7, 11) is 0. The molecule has 0 N–H and O–H groups in total. The molecule has 1 aliphatic carbocycles. The van der Waals surface area contributed by atoms with Gasteiger partial charge >= 0.3 is 0 Å². The van der Waals surface area contributed by atoms with Gasteiger partial charge in [0.15, 0.2) is 0 Å². The van der Waals surface area contributed by atoms with Crippen LogP contribution in [0.15, 0.2) is 24.4 Å². The van der Waals surface area contributed by atoms with Gasteiger partial charge in [0.05, 0.1) is 0 Å². The Labute approximate surface area is 83.5 Å². The maximum atomic E-state index is 5.75. The third-order valence-corrected chi connectivity index (χ3v) is 2.43. The van der Waals surface area contributed by atoms with Crippen LogP contribution in [0.1, 0.15) is 12.8 Å². The van der Waals surface area contributed by atoms with Crippen molar-refractivity contribution in [2.45, 2.75) is 18.9 Å². The Balaban J connectivity index is 2.10. The van der Waals surface area contributed by atoms with Crippen LogP contribution in [0.4, 0.5) is 5.82 Å². The molecule has 1 fully saturated rings. The van der Waals surface area contributed by atoms with E-state index in [1.165, 1.54) is 12.8 Å². The number of rotatable bonds is 4. The highest BCUT2D eigenvalue weighted by molar-refractivity contribution is 6.18. The molecule has 0 amide bonds. The summed E-state index contributed by atoms with van der Waals surface area (Å²) in [6, 6.07) is 6.69. The van der Waals surface area contributed by atoms with Crippen LogP contribution in [0.25, 0.3) is 0 Å². The van der Waals surface area contributed by atoms with Crippen molar-refractivity contribution in [2.75, 3.05) is 17.3 Å². The molecule has 13 heavy (non-hydrogen) atoms. The molecule has 1 aromatic rings. The second-order valence-corrected chi connectivity index (χ2v) is 3.68. The Kier molecular flexibility index (Phi) is 2.69. The number of hydrogen-bond donors (Lipinski definition) is 0. The minimum Gasteiger partial charge on any atom is -0.352 e. The first kappa shape index (κ1) is 8.82. The van der Waals surface area contributed by atoms with E-state index < -0.39 is 0 Å². The molecule has 1 heterocycles. The predicted octanol–water partition coefficient (Wildman–Crippen LogP) is 2.29. The number of aromatic nitrogens is 1. The Hall–Kier alpha value is -0.760. The number of halogens is 1. The topological polar surface area (TPSA) is 16.1 Å². The van der Waals surface area contributed by atoms with Gasteiger partial charge in [-0.1, -0.05) is 6.07 Å². The highest BCUT2D eigenvalue weighted by Crippen LogP contribution is 2.29. The molecule has 70 valence electrons. The molecule has 0 aromatic carbocycles. The number of alkyl halides is 1. The second-order valence-electron chi connectivity index (χ2n) is 3.30. The van der Waals surface area contributed by atoms with Gasteiger partial charge in [0, 0.05) is 24.7 Å². The molecule has 0 saturated heterocycles. The smallest absolute Gasteiger partial charge is 0.128 e. The van der Waals surface area contributed by atoms with E-state index in [0.717, 1.165) is 12.4 Å². The first-order valence-corrected chi connectivity index (χ1v) is 5.19. The van der Waals surface area contributed by atoms with Crippen molar-refractivity contribution < 1.29 is 0 Å². The number of pyridine rings is 1. The van der Waals surface area contributed by atoms with Gasteiger partial charge in [0.2, 0.25) is 0 Å². The number of hydrogen-bond acceptors (Lipinski definition) is 2. The maximum absolute atomic E-state index is 5.75. The quantitative estimate of drug-likeness (QED) is 0.687. The zero-order chi connectivity index (χ0) is 9.10. The zero-order valence-corrected chi connectivity index (χ0v) is 8.24. The molecular weight excluding hydrogens is 184 g/mol. The van der Waals surface area contributed by atoms with Gasteiger partial charge in [-0.05, 0) is 25.0 Å². The Morgan fingerprint density at radius 3 is 2.85 bits per heavy atom. The standard InChI is InChI=1S/C10H13ClN2/c11-6-8-13(9-4-5-9)10-3-1-2-7-12-10/h1-3,7,9H,4-6,8H2. The molecule has 0 unspecified atom stereocenters. The monoisotopic (exact) mass is 196 g/mol. The van der Waals surface area contributed by atoms with E-state index in [-0.39, 0.29) is 0 Å². The highest BCUT2D eigenvalue weighted by atomic mass is 35.5. The SMILES string of the molecule is ClCCN(c1ccccn1)C1CC1. The summed E-state index contributed by atoms with van der Waals surface area (Å²) in [4.78, 5) is 6.62. The first-order valence-electron chi connectivity index (χ1n) is 4.65. The average molecular weight is 197 g/mol. The molecule has 2 rings (SSSR count). The lowest BCUT2D eigenvalue weighted by Gasteiger charge is -2.21. The van der Waals surface area contributed by atoms with Crippen molar-refractivity contribution in [3.63, 3.8) is 0 Å². The van der Waals surface area contributed by atoms with Crippen LogP contribution in [0, 0.1) is 0 Å². The lowest BCUT2D eigenvalue weighted by molar-refractivity contribution is 0.812. The third-order valence-electron chi connectivity index (χ3n) is 2.26. The summed E-state index contributed by atoms with van der Waals surface area (Å²) in [5, 5.41) is 0. The van der Waals surface area contributed by atoms with E-state index >= 15 is 0 Å². The number of nitrogens with zero attached hydrogens (tertiary/aromatic N) is 2. The van der Waals surface area contributed by atoms with Gasteiger partial charge in [0.25, 0.3) is 0 Å². The lowest BCUT2D eigenvalue weighted by atomic mass is 10.4. The fourth-order valence-corrected chi connectivity index (χ4v) is 1.67. The molecule has 0 aliphatic heterocycles. The summed E-state index contributed by atoms with van der Waals surface area (Å²) in [5.41, 5.74) is 0. The lowest BCUT2D eigenvalue weighted by Crippen LogP contribution is -2.28. The van der Waals surface area contributed by atoms with E-state index in [0.29, 0.717) is 11.9 Å². The first-order chi connectivity index (χ1) is 6.42. The minimum atomic E-state index is 0.674. The van der Waals surface area contributed by atoms with E-state index in [1.807, 2.05) is 24.4 Å². The van der Waals surface area contributed by atoms with Gasteiger partial charge in [-0.3, -0.25) is 0 Å². The van der Waals surface area contributed by atoms with Gasteiger partial charge in [-0.2, -0.15) is 0 Å². The zero-order valence-electron chi connectivity index (χ0n) is 7.49. The van der Waals surface area contributed by atoms with Crippen molar-refractivity contribution in [3.8, 4) is 0 Å². The van der Waals surface area contributed by atoms with Crippen molar-refractivity contribution >= 4 is 17.4 Å². The summed E-state index contributed by atoms with van der Waals surface area (Å²) >= 11 is 5.75. The van der Waals surface area contributed by atoms with Crippen molar-refractivity contribution in [2.24, 2.45) is 0 Å². The van der Waals surface area contributed by atoms with Gasteiger partial charge in [0.1, 0.15) is 5.82 Å². The molecule has 3 heteroatoms. The molecule has 0 radical (unpaired) electrons. The maximum Gasteiger partial charge on any atom is 0.128 e. The average Bonchev–Trinajstić information content (AvgIpc) is 2.99. The minimum absolute atomic E-state index is 0.674. The summed E-state index contributed by atoms with van der Waals surface area (Å²) < 4.78 is 0. The summed E-state index contributed by atoms with van der Waals surface area (Å²) in [6.07, 6.45) is 4.40. The van der Waals surface area contributed by atoms with Crippen LogP contribution in [0.5, 0.6) is 0 Å². The summed E-state index contributed by atoms with van der Waals surface area (Å²) in [6.45, 7) is 0.906. The molecule has 0 atom stereocenters.